The van der Waals surface area contributed by atoms with Crippen LogP contribution in [0.5, 0.6) is 0 Å². The predicted octanol–water partition coefficient (Wildman–Crippen LogP) is 1.81. The number of nitrogens with zero attached hydrogens (tertiary/aromatic N) is 3. The van der Waals surface area contributed by atoms with Gasteiger partial charge in [-0.2, -0.15) is 22.5 Å². The summed E-state index contributed by atoms with van der Waals surface area (Å²) in [4.78, 5) is 19.2. The summed E-state index contributed by atoms with van der Waals surface area (Å²) in [5, 5.41) is 8.15. The van der Waals surface area contributed by atoms with Crippen molar-refractivity contribution in [3.8, 4) is 0 Å². The maximum Gasteiger partial charge on any atom is 0.421 e. The first-order chi connectivity index (χ1) is 15.5. The van der Waals surface area contributed by atoms with E-state index in [1.54, 1.807) is 18.2 Å². The molecule has 14 heteroatoms. The number of alkyl halides is 3. The first kappa shape index (κ1) is 23.2. The molecule has 10 nitrogen and oxygen atoms in total. The summed E-state index contributed by atoms with van der Waals surface area (Å²) in [6, 6.07) is 4.31. The Morgan fingerprint density at radius 2 is 2.12 bits per heavy atom. The molecule has 2 aliphatic rings. The number of nitrogens with one attached hydrogen (secondary N) is 3. The molecule has 3 heterocycles. The number of sulfonamides is 1. The molecule has 0 unspecified atom stereocenters. The number of carbonyl (C=O) groups is 1. The zero-order valence-electron chi connectivity index (χ0n) is 17.4. The van der Waals surface area contributed by atoms with Crippen molar-refractivity contribution >= 4 is 39.1 Å². The van der Waals surface area contributed by atoms with Crippen molar-refractivity contribution in [3.63, 3.8) is 0 Å². The predicted molar refractivity (Wildman–Crippen MR) is 114 cm³/mol. The minimum atomic E-state index is -4.72. The topological polar surface area (TPSA) is 126 Å². The van der Waals surface area contributed by atoms with Gasteiger partial charge < -0.3 is 20.7 Å². The number of rotatable bonds is 6. The highest BCUT2D eigenvalue weighted by atomic mass is 32.2. The Labute approximate surface area is 187 Å². The van der Waals surface area contributed by atoms with Crippen molar-refractivity contribution in [2.45, 2.75) is 18.6 Å². The van der Waals surface area contributed by atoms with Crippen LogP contribution >= 0.6 is 0 Å². The van der Waals surface area contributed by atoms with Crippen molar-refractivity contribution in [1.82, 2.24) is 14.3 Å². The Morgan fingerprint density at radius 1 is 1.33 bits per heavy atom. The van der Waals surface area contributed by atoms with Gasteiger partial charge in [-0.15, -0.1) is 0 Å². The first-order valence-corrected chi connectivity index (χ1v) is 11.8. The third-order valence-corrected chi connectivity index (χ3v) is 6.52. The van der Waals surface area contributed by atoms with E-state index in [4.69, 9.17) is 4.74 Å². The average Bonchev–Trinajstić information content (AvgIpc) is 3.10. The van der Waals surface area contributed by atoms with E-state index in [-0.39, 0.29) is 44.6 Å². The molecule has 0 spiro atoms. The number of hydrogen-bond acceptors (Lipinski definition) is 8. The van der Waals surface area contributed by atoms with Gasteiger partial charge in [-0.3, -0.25) is 4.79 Å². The smallest absolute Gasteiger partial charge is 0.378 e. The van der Waals surface area contributed by atoms with Gasteiger partial charge in [-0.05, 0) is 23.8 Å². The molecular weight excluding hydrogens is 465 g/mol. The summed E-state index contributed by atoms with van der Waals surface area (Å²) >= 11 is 0. The SMILES string of the molecule is CS(=O)(=O)N1CCOC[C@H]1CNc1nc(Nc2ccc3c(c2)CC(=O)N3)ncc1C(F)(F)F. The second-order valence-electron chi connectivity index (χ2n) is 7.66. The summed E-state index contributed by atoms with van der Waals surface area (Å²) < 4.78 is 71.0. The van der Waals surface area contributed by atoms with E-state index in [0.29, 0.717) is 17.6 Å². The highest BCUT2D eigenvalue weighted by molar-refractivity contribution is 7.88. The minimum absolute atomic E-state index is 0.0412. The van der Waals surface area contributed by atoms with Crippen LogP contribution in [0.15, 0.2) is 24.4 Å². The second-order valence-corrected chi connectivity index (χ2v) is 9.59. The van der Waals surface area contributed by atoms with Crippen LogP contribution in [0.2, 0.25) is 0 Å². The van der Waals surface area contributed by atoms with Crippen LogP contribution in [0.1, 0.15) is 11.1 Å². The fourth-order valence-corrected chi connectivity index (χ4v) is 4.75. The average molecular weight is 486 g/mol. The van der Waals surface area contributed by atoms with Crippen LogP contribution in [-0.2, 0) is 32.2 Å². The van der Waals surface area contributed by atoms with E-state index in [0.717, 1.165) is 11.8 Å². The molecule has 1 fully saturated rings. The number of carbonyl (C=O) groups excluding carboxylic acids is 1. The largest absolute Gasteiger partial charge is 0.421 e. The van der Waals surface area contributed by atoms with Crippen LogP contribution in [-0.4, -0.2) is 67.2 Å². The van der Waals surface area contributed by atoms with E-state index in [1.807, 2.05) is 0 Å². The maximum atomic E-state index is 13.5. The molecule has 178 valence electrons. The lowest BCUT2D eigenvalue weighted by Crippen LogP contribution is -2.51. The van der Waals surface area contributed by atoms with Crippen LogP contribution in [0.3, 0.4) is 0 Å². The molecule has 1 aromatic heterocycles. The number of aromatic nitrogens is 2. The molecule has 1 saturated heterocycles. The third-order valence-electron chi connectivity index (χ3n) is 5.19. The Bertz CT molecular complexity index is 1170. The van der Waals surface area contributed by atoms with Crippen LogP contribution < -0.4 is 16.0 Å². The molecule has 33 heavy (non-hydrogen) atoms. The normalized spacial score (nSPS) is 19.2. The van der Waals surface area contributed by atoms with E-state index in [9.17, 15) is 26.4 Å². The van der Waals surface area contributed by atoms with Gasteiger partial charge in [0.2, 0.25) is 21.9 Å². The third kappa shape index (κ3) is 5.34. The van der Waals surface area contributed by atoms with Crippen LogP contribution in [0, 0.1) is 0 Å². The molecule has 2 aromatic rings. The number of anilines is 4. The highest BCUT2D eigenvalue weighted by Crippen LogP contribution is 2.34. The van der Waals surface area contributed by atoms with E-state index >= 15 is 0 Å². The van der Waals surface area contributed by atoms with Gasteiger partial charge in [0.25, 0.3) is 0 Å². The molecule has 0 radical (unpaired) electrons. The van der Waals surface area contributed by atoms with Gasteiger partial charge in [0.1, 0.15) is 11.4 Å². The molecule has 0 bridgehead atoms. The summed E-state index contributed by atoms with van der Waals surface area (Å²) in [6.45, 7) is 0.225. The standard InChI is InChI=1S/C19H21F3N6O4S/c1-33(30,31)28-4-5-32-10-13(28)8-23-17-14(19(20,21)22)9-24-18(27-17)25-12-2-3-15-11(6-12)7-16(29)26-15/h2-3,6,9,13H,4-5,7-8,10H2,1H3,(H,26,29)(H2,23,24,25,27)/t13-/m1/s1. The Balaban J connectivity index is 1.55. The van der Waals surface area contributed by atoms with Crippen molar-refractivity contribution in [1.29, 1.82) is 0 Å². The van der Waals surface area contributed by atoms with Gasteiger partial charge in [0, 0.05) is 30.7 Å². The lowest BCUT2D eigenvalue weighted by atomic mass is 10.1. The summed E-state index contributed by atoms with van der Waals surface area (Å²) in [5.41, 5.74) is 0.833. The summed E-state index contributed by atoms with van der Waals surface area (Å²) in [6.07, 6.45) is -2.83. The molecule has 1 aromatic carbocycles. The fraction of sp³-hybridized carbons (Fsp3) is 0.421. The van der Waals surface area contributed by atoms with E-state index in [2.05, 4.69) is 25.9 Å². The van der Waals surface area contributed by atoms with Crippen LogP contribution in [0.4, 0.5) is 36.3 Å². The van der Waals surface area contributed by atoms with E-state index < -0.39 is 33.6 Å². The molecule has 1 amide bonds. The number of halogens is 3. The zero-order chi connectivity index (χ0) is 23.8. The number of hydrogen-bond donors (Lipinski definition) is 3. The van der Waals surface area contributed by atoms with Crippen molar-refractivity contribution in [3.05, 3.63) is 35.5 Å². The first-order valence-electron chi connectivity index (χ1n) is 9.93. The van der Waals surface area contributed by atoms with Gasteiger partial charge in [-0.25, -0.2) is 13.4 Å². The Kier molecular flexibility index (Phi) is 6.16. The van der Waals surface area contributed by atoms with Gasteiger partial charge >= 0.3 is 6.18 Å². The highest BCUT2D eigenvalue weighted by Gasteiger charge is 2.36. The molecule has 1 atom stereocenters. The number of amides is 1. The van der Waals surface area contributed by atoms with Crippen molar-refractivity contribution in [2.24, 2.45) is 0 Å². The lowest BCUT2D eigenvalue weighted by molar-refractivity contribution is -0.137. The number of morpholine rings is 1. The lowest BCUT2D eigenvalue weighted by Gasteiger charge is -2.33. The second kappa shape index (κ2) is 8.76. The minimum Gasteiger partial charge on any atom is -0.378 e. The zero-order valence-corrected chi connectivity index (χ0v) is 18.3. The number of ether oxygens (including phenoxy) is 1. The Morgan fingerprint density at radius 3 is 2.85 bits per heavy atom. The number of benzene rings is 1. The molecule has 0 aliphatic carbocycles. The van der Waals surface area contributed by atoms with Crippen molar-refractivity contribution < 1.29 is 31.1 Å². The Hall–Kier alpha value is -2.97. The molecule has 3 N–H and O–H groups in total. The summed E-state index contributed by atoms with van der Waals surface area (Å²) in [5.74, 6) is -0.728. The fourth-order valence-electron chi connectivity index (χ4n) is 3.67. The van der Waals surface area contributed by atoms with Crippen molar-refractivity contribution in [2.75, 3.05) is 48.5 Å². The number of fused-ring (bicyclic) bond motifs is 1. The molecule has 0 saturated carbocycles. The molecular formula is C19H21F3N6O4S. The molecule has 4 rings (SSSR count). The molecule has 2 aliphatic heterocycles. The van der Waals surface area contributed by atoms with Gasteiger partial charge in [0.05, 0.1) is 31.9 Å². The van der Waals surface area contributed by atoms with Gasteiger partial charge in [-0.1, -0.05) is 0 Å². The quantitative estimate of drug-likeness (QED) is 0.565. The maximum absolute atomic E-state index is 13.5. The summed E-state index contributed by atoms with van der Waals surface area (Å²) in [7, 11) is -3.56. The monoisotopic (exact) mass is 486 g/mol. The van der Waals surface area contributed by atoms with Crippen LogP contribution in [0.25, 0.3) is 0 Å². The van der Waals surface area contributed by atoms with Gasteiger partial charge in [0.15, 0.2) is 0 Å². The van der Waals surface area contributed by atoms with E-state index in [1.165, 1.54) is 4.31 Å².